The highest BCUT2D eigenvalue weighted by molar-refractivity contribution is 7.90. The smallest absolute Gasteiger partial charge is 0.175 e. The van der Waals surface area contributed by atoms with Crippen LogP contribution < -0.4 is 4.90 Å². The third-order valence-corrected chi connectivity index (χ3v) is 6.29. The Morgan fingerprint density at radius 1 is 1.26 bits per heavy atom. The summed E-state index contributed by atoms with van der Waals surface area (Å²) in [7, 11) is -3.17. The molecule has 2 aromatic heterocycles. The minimum Gasteiger partial charge on any atom is -0.356 e. The SMILES string of the molecule is Cc1nc(N2CCCC(Cc3cccc(S(C)(=O)=O)c3)C2)c2cc[nH]c2n1. The lowest BCUT2D eigenvalue weighted by Crippen LogP contribution is -2.37. The first kappa shape index (κ1) is 18.0. The quantitative estimate of drug-likeness (QED) is 0.748. The number of aryl methyl sites for hydroxylation is 1. The lowest BCUT2D eigenvalue weighted by molar-refractivity contribution is 0.411. The van der Waals surface area contributed by atoms with E-state index >= 15 is 0 Å². The molecule has 1 unspecified atom stereocenters. The molecule has 1 saturated heterocycles. The highest BCUT2D eigenvalue weighted by Gasteiger charge is 2.23. The van der Waals surface area contributed by atoms with Gasteiger partial charge in [0.05, 0.1) is 10.3 Å². The van der Waals surface area contributed by atoms with E-state index in [1.807, 2.05) is 37.4 Å². The highest BCUT2D eigenvalue weighted by atomic mass is 32.2. The van der Waals surface area contributed by atoms with E-state index in [-0.39, 0.29) is 0 Å². The molecule has 4 rings (SSSR count). The Morgan fingerprint density at radius 3 is 2.93 bits per heavy atom. The van der Waals surface area contributed by atoms with Crippen LogP contribution in [0.25, 0.3) is 11.0 Å². The number of aromatic nitrogens is 3. The Balaban J connectivity index is 1.56. The van der Waals surface area contributed by atoms with Crippen molar-refractivity contribution in [3.8, 4) is 0 Å². The average Bonchev–Trinajstić information content (AvgIpc) is 3.09. The molecule has 0 bridgehead atoms. The fourth-order valence-corrected chi connectivity index (χ4v) is 4.63. The van der Waals surface area contributed by atoms with Crippen LogP contribution in [0.3, 0.4) is 0 Å². The molecular weight excluding hydrogens is 360 g/mol. The van der Waals surface area contributed by atoms with Gasteiger partial charge in [-0.1, -0.05) is 12.1 Å². The van der Waals surface area contributed by atoms with Crippen LogP contribution in [0.1, 0.15) is 24.2 Å². The molecule has 0 aliphatic carbocycles. The van der Waals surface area contributed by atoms with Crippen molar-refractivity contribution in [1.82, 2.24) is 15.0 Å². The Kier molecular flexibility index (Phi) is 4.63. The first-order valence-electron chi connectivity index (χ1n) is 9.26. The normalized spacial score (nSPS) is 18.1. The van der Waals surface area contributed by atoms with Gasteiger partial charge in [-0.2, -0.15) is 0 Å². The molecule has 1 aromatic carbocycles. The molecular formula is C20H24N4O2S. The third-order valence-electron chi connectivity index (χ3n) is 5.18. The second kappa shape index (κ2) is 6.96. The van der Waals surface area contributed by atoms with E-state index in [9.17, 15) is 8.42 Å². The van der Waals surface area contributed by atoms with Gasteiger partial charge in [-0.05, 0) is 55.9 Å². The van der Waals surface area contributed by atoms with Crippen LogP contribution in [-0.2, 0) is 16.3 Å². The van der Waals surface area contributed by atoms with E-state index in [1.165, 1.54) is 6.26 Å². The van der Waals surface area contributed by atoms with E-state index < -0.39 is 9.84 Å². The number of hydrogen-bond donors (Lipinski definition) is 1. The van der Waals surface area contributed by atoms with E-state index in [2.05, 4.69) is 14.9 Å². The lowest BCUT2D eigenvalue weighted by Gasteiger charge is -2.34. The van der Waals surface area contributed by atoms with Crippen molar-refractivity contribution in [2.24, 2.45) is 5.92 Å². The van der Waals surface area contributed by atoms with Gasteiger partial charge in [-0.15, -0.1) is 0 Å². The number of H-pyrrole nitrogens is 1. The lowest BCUT2D eigenvalue weighted by atomic mass is 9.91. The van der Waals surface area contributed by atoms with Gasteiger partial charge in [0.25, 0.3) is 0 Å². The molecule has 3 aromatic rings. The van der Waals surface area contributed by atoms with Gasteiger partial charge in [-0.25, -0.2) is 18.4 Å². The standard InChI is InChI=1S/C20H24N4O2S/c1-14-22-19-18(8-9-21-19)20(23-14)24-10-4-6-16(13-24)11-15-5-3-7-17(12-15)27(2,25)26/h3,5,7-9,12,16H,4,6,10-11,13H2,1-2H3,(H,21,22,23). The summed E-state index contributed by atoms with van der Waals surface area (Å²) in [5.74, 6) is 2.23. The predicted octanol–water partition coefficient (Wildman–Crippen LogP) is 3.13. The summed E-state index contributed by atoms with van der Waals surface area (Å²) in [5.41, 5.74) is 1.95. The molecule has 6 nitrogen and oxygen atoms in total. The van der Waals surface area contributed by atoms with E-state index in [0.29, 0.717) is 10.8 Å². The van der Waals surface area contributed by atoms with E-state index in [0.717, 1.165) is 60.6 Å². The minimum atomic E-state index is -3.17. The first-order valence-corrected chi connectivity index (χ1v) is 11.1. The summed E-state index contributed by atoms with van der Waals surface area (Å²) in [6.07, 6.45) is 6.28. The molecule has 0 amide bonds. The molecule has 27 heavy (non-hydrogen) atoms. The van der Waals surface area contributed by atoms with Crippen molar-refractivity contribution >= 4 is 26.7 Å². The number of aromatic amines is 1. The fourth-order valence-electron chi connectivity index (χ4n) is 3.94. The summed E-state index contributed by atoms with van der Waals surface area (Å²) in [4.78, 5) is 15.1. The van der Waals surface area contributed by atoms with Crippen molar-refractivity contribution in [2.75, 3.05) is 24.2 Å². The van der Waals surface area contributed by atoms with Gasteiger partial charge in [0, 0.05) is 25.5 Å². The highest BCUT2D eigenvalue weighted by Crippen LogP contribution is 2.29. The maximum Gasteiger partial charge on any atom is 0.175 e. The number of anilines is 1. The Hall–Kier alpha value is -2.41. The van der Waals surface area contributed by atoms with Crippen LogP contribution in [0.4, 0.5) is 5.82 Å². The predicted molar refractivity (Wildman–Crippen MR) is 107 cm³/mol. The monoisotopic (exact) mass is 384 g/mol. The number of hydrogen-bond acceptors (Lipinski definition) is 5. The van der Waals surface area contributed by atoms with Crippen molar-refractivity contribution in [3.63, 3.8) is 0 Å². The average molecular weight is 385 g/mol. The van der Waals surface area contributed by atoms with Gasteiger partial charge >= 0.3 is 0 Å². The Morgan fingerprint density at radius 2 is 2.11 bits per heavy atom. The van der Waals surface area contributed by atoms with Crippen molar-refractivity contribution in [2.45, 2.75) is 31.1 Å². The number of nitrogens with one attached hydrogen (secondary N) is 1. The van der Waals surface area contributed by atoms with Gasteiger partial charge in [-0.3, -0.25) is 0 Å². The topological polar surface area (TPSA) is 79.0 Å². The van der Waals surface area contributed by atoms with Crippen LogP contribution in [0.15, 0.2) is 41.4 Å². The van der Waals surface area contributed by atoms with E-state index in [1.54, 1.807) is 6.07 Å². The fraction of sp³-hybridized carbons (Fsp3) is 0.400. The van der Waals surface area contributed by atoms with Crippen LogP contribution >= 0.6 is 0 Å². The van der Waals surface area contributed by atoms with Gasteiger partial charge in [0.1, 0.15) is 17.3 Å². The molecule has 7 heteroatoms. The van der Waals surface area contributed by atoms with Gasteiger partial charge < -0.3 is 9.88 Å². The maximum absolute atomic E-state index is 11.8. The molecule has 1 atom stereocenters. The summed E-state index contributed by atoms with van der Waals surface area (Å²) in [5, 5.41) is 1.06. The van der Waals surface area contributed by atoms with Gasteiger partial charge in [0.15, 0.2) is 9.84 Å². The molecule has 0 radical (unpaired) electrons. The molecule has 0 saturated carbocycles. The molecule has 1 N–H and O–H groups in total. The van der Waals surface area contributed by atoms with Crippen molar-refractivity contribution in [3.05, 3.63) is 47.9 Å². The molecule has 1 fully saturated rings. The Labute approximate surface area is 159 Å². The van der Waals surface area contributed by atoms with Crippen molar-refractivity contribution < 1.29 is 8.42 Å². The number of sulfone groups is 1. The zero-order valence-corrected chi connectivity index (χ0v) is 16.5. The van der Waals surface area contributed by atoms with Crippen LogP contribution in [0, 0.1) is 12.8 Å². The number of piperidine rings is 1. The molecule has 3 heterocycles. The van der Waals surface area contributed by atoms with Crippen LogP contribution in [0.2, 0.25) is 0 Å². The van der Waals surface area contributed by atoms with Crippen LogP contribution in [0.5, 0.6) is 0 Å². The molecule has 142 valence electrons. The van der Waals surface area contributed by atoms with E-state index in [4.69, 9.17) is 4.98 Å². The second-order valence-electron chi connectivity index (χ2n) is 7.41. The number of benzene rings is 1. The van der Waals surface area contributed by atoms with Crippen molar-refractivity contribution in [1.29, 1.82) is 0 Å². The second-order valence-corrected chi connectivity index (χ2v) is 9.43. The third kappa shape index (κ3) is 3.83. The Bertz CT molecular complexity index is 1070. The number of rotatable bonds is 4. The summed E-state index contributed by atoms with van der Waals surface area (Å²) < 4.78 is 23.6. The summed E-state index contributed by atoms with van der Waals surface area (Å²) >= 11 is 0. The summed E-state index contributed by atoms with van der Waals surface area (Å²) in [6.45, 7) is 3.82. The zero-order chi connectivity index (χ0) is 19.0. The molecule has 1 aliphatic heterocycles. The first-order chi connectivity index (χ1) is 12.9. The number of nitrogens with zero attached hydrogens (tertiary/aromatic N) is 3. The summed E-state index contributed by atoms with van der Waals surface area (Å²) in [6, 6.07) is 9.37. The molecule has 0 spiro atoms. The van der Waals surface area contributed by atoms with Gasteiger partial charge in [0.2, 0.25) is 0 Å². The maximum atomic E-state index is 11.8. The molecule has 1 aliphatic rings. The zero-order valence-electron chi connectivity index (χ0n) is 15.6. The number of fused-ring (bicyclic) bond motifs is 1. The minimum absolute atomic E-state index is 0.396. The van der Waals surface area contributed by atoms with Crippen LogP contribution in [-0.4, -0.2) is 42.7 Å². The largest absolute Gasteiger partial charge is 0.356 e.